The summed E-state index contributed by atoms with van der Waals surface area (Å²) in [6.45, 7) is 1.92. The summed E-state index contributed by atoms with van der Waals surface area (Å²) in [6, 6.07) is 23.8. The molecule has 27 heavy (non-hydrogen) atoms. The Labute approximate surface area is 155 Å². The second-order valence-corrected chi connectivity index (χ2v) is 6.67. The summed E-state index contributed by atoms with van der Waals surface area (Å²) in [5.41, 5.74) is 4.03. The summed E-state index contributed by atoms with van der Waals surface area (Å²) in [4.78, 5) is 20.8. The normalized spacial score (nSPS) is 11.3. The number of fused-ring (bicyclic) bond motifs is 4. The molecule has 0 aliphatic heterocycles. The molecule has 2 heterocycles. The van der Waals surface area contributed by atoms with Crippen molar-refractivity contribution in [3.05, 3.63) is 84.2 Å². The Balaban J connectivity index is 1.60. The molecule has 4 nitrogen and oxygen atoms in total. The fourth-order valence-electron chi connectivity index (χ4n) is 3.64. The molecule has 0 saturated carbocycles. The average molecular weight is 351 g/mol. The molecule has 1 amide bonds. The van der Waals surface area contributed by atoms with Crippen molar-refractivity contribution in [2.75, 3.05) is 5.32 Å². The van der Waals surface area contributed by atoms with Gasteiger partial charge in [-0.25, -0.2) is 4.98 Å². The molecule has 5 rings (SSSR count). The number of pyridine rings is 1. The Kier molecular flexibility index (Phi) is 3.44. The van der Waals surface area contributed by atoms with E-state index in [0.717, 1.165) is 44.0 Å². The fraction of sp³-hybridized carbons (Fsp3) is 0.0435. The molecule has 0 aliphatic rings. The molecule has 5 aromatic rings. The molecule has 0 aliphatic carbocycles. The number of benzene rings is 3. The monoisotopic (exact) mass is 351 g/mol. The van der Waals surface area contributed by atoms with Gasteiger partial charge in [0.25, 0.3) is 5.91 Å². The lowest BCUT2D eigenvalue weighted by Gasteiger charge is -2.09. The van der Waals surface area contributed by atoms with Crippen molar-refractivity contribution >= 4 is 44.2 Å². The van der Waals surface area contributed by atoms with Gasteiger partial charge in [0, 0.05) is 27.4 Å². The van der Waals surface area contributed by atoms with Gasteiger partial charge in [0.15, 0.2) is 0 Å². The molecule has 2 aromatic heterocycles. The summed E-state index contributed by atoms with van der Waals surface area (Å²) in [6.07, 6.45) is 0. The molecule has 4 heteroatoms. The van der Waals surface area contributed by atoms with Crippen LogP contribution in [0.2, 0.25) is 0 Å². The number of amides is 1. The molecule has 0 unspecified atom stereocenters. The number of nitrogens with zero attached hydrogens (tertiary/aromatic N) is 1. The number of nitrogens with one attached hydrogen (secondary N) is 2. The zero-order valence-corrected chi connectivity index (χ0v) is 14.8. The Hall–Kier alpha value is -3.66. The zero-order valence-electron chi connectivity index (χ0n) is 14.8. The lowest BCUT2D eigenvalue weighted by molar-refractivity contribution is 0.102. The van der Waals surface area contributed by atoms with Crippen LogP contribution in [0, 0.1) is 6.92 Å². The zero-order chi connectivity index (χ0) is 18.4. The number of rotatable bonds is 2. The van der Waals surface area contributed by atoms with E-state index < -0.39 is 0 Å². The molecule has 0 spiro atoms. The van der Waals surface area contributed by atoms with Crippen LogP contribution in [-0.4, -0.2) is 15.9 Å². The topological polar surface area (TPSA) is 57.8 Å². The lowest BCUT2D eigenvalue weighted by atomic mass is 10.1. The molecule has 3 aromatic carbocycles. The molecule has 0 bridgehead atoms. The predicted octanol–water partition coefficient (Wildman–Crippen LogP) is 5.43. The van der Waals surface area contributed by atoms with Crippen LogP contribution in [0.3, 0.4) is 0 Å². The van der Waals surface area contributed by atoms with Crippen molar-refractivity contribution in [3.8, 4) is 0 Å². The first-order valence-corrected chi connectivity index (χ1v) is 8.88. The van der Waals surface area contributed by atoms with Crippen LogP contribution in [0.25, 0.3) is 32.6 Å². The summed E-state index contributed by atoms with van der Waals surface area (Å²) in [5.74, 6) is -0.207. The van der Waals surface area contributed by atoms with Gasteiger partial charge < -0.3 is 10.3 Å². The van der Waals surface area contributed by atoms with Crippen molar-refractivity contribution < 1.29 is 4.79 Å². The summed E-state index contributed by atoms with van der Waals surface area (Å²) in [7, 11) is 0. The van der Waals surface area contributed by atoms with Crippen LogP contribution in [0.5, 0.6) is 0 Å². The van der Waals surface area contributed by atoms with Crippen LogP contribution >= 0.6 is 0 Å². The minimum Gasteiger partial charge on any atom is -0.353 e. The average Bonchev–Trinajstić information content (AvgIpc) is 3.08. The number of hydrogen-bond acceptors (Lipinski definition) is 2. The summed E-state index contributed by atoms with van der Waals surface area (Å²) in [5, 5.41) is 7.23. The van der Waals surface area contributed by atoms with Gasteiger partial charge in [-0.15, -0.1) is 0 Å². The molecule has 0 saturated heterocycles. The first-order valence-electron chi connectivity index (χ1n) is 8.88. The highest BCUT2D eigenvalue weighted by Crippen LogP contribution is 2.28. The van der Waals surface area contributed by atoms with Crippen LogP contribution in [0.15, 0.2) is 72.8 Å². The number of aromatic nitrogens is 2. The SMILES string of the molecule is Cc1nc(C(=O)Nc2cccc3ccccc23)cc2c1[nH]c1ccccc12. The number of anilines is 1. The van der Waals surface area contributed by atoms with E-state index in [4.69, 9.17) is 0 Å². The van der Waals surface area contributed by atoms with Gasteiger partial charge in [-0.05, 0) is 30.5 Å². The number of H-pyrrole nitrogens is 1. The Bertz CT molecular complexity index is 1330. The van der Waals surface area contributed by atoms with Crippen LogP contribution in [0.4, 0.5) is 5.69 Å². The van der Waals surface area contributed by atoms with E-state index in [1.807, 2.05) is 73.7 Å². The Morgan fingerprint density at radius 2 is 1.63 bits per heavy atom. The van der Waals surface area contributed by atoms with Crippen molar-refractivity contribution in [2.24, 2.45) is 0 Å². The Morgan fingerprint density at radius 3 is 2.52 bits per heavy atom. The molecule has 0 fully saturated rings. The van der Waals surface area contributed by atoms with E-state index in [9.17, 15) is 4.79 Å². The number of aromatic amines is 1. The number of carbonyl (C=O) groups is 1. The minimum absolute atomic E-state index is 0.207. The molecule has 130 valence electrons. The molecular weight excluding hydrogens is 334 g/mol. The highest BCUT2D eigenvalue weighted by atomic mass is 16.1. The van der Waals surface area contributed by atoms with E-state index in [0.29, 0.717) is 5.69 Å². The second-order valence-electron chi connectivity index (χ2n) is 6.67. The second kappa shape index (κ2) is 5.95. The molecule has 0 atom stereocenters. The van der Waals surface area contributed by atoms with Gasteiger partial charge in [-0.2, -0.15) is 0 Å². The third kappa shape index (κ3) is 2.54. The highest BCUT2D eigenvalue weighted by Gasteiger charge is 2.14. The van der Waals surface area contributed by atoms with Gasteiger partial charge in [0.05, 0.1) is 11.2 Å². The molecular formula is C23H17N3O. The van der Waals surface area contributed by atoms with Crippen molar-refractivity contribution in [1.29, 1.82) is 0 Å². The number of para-hydroxylation sites is 1. The smallest absolute Gasteiger partial charge is 0.274 e. The fourth-order valence-corrected chi connectivity index (χ4v) is 3.64. The first kappa shape index (κ1) is 15.6. The summed E-state index contributed by atoms with van der Waals surface area (Å²) < 4.78 is 0. The van der Waals surface area contributed by atoms with E-state index in [1.165, 1.54) is 0 Å². The number of hydrogen-bond donors (Lipinski definition) is 2. The Morgan fingerprint density at radius 1 is 0.889 bits per heavy atom. The third-order valence-corrected chi connectivity index (χ3v) is 4.95. The summed E-state index contributed by atoms with van der Waals surface area (Å²) >= 11 is 0. The van der Waals surface area contributed by atoms with Gasteiger partial charge >= 0.3 is 0 Å². The lowest BCUT2D eigenvalue weighted by Crippen LogP contribution is -2.14. The van der Waals surface area contributed by atoms with E-state index >= 15 is 0 Å². The van der Waals surface area contributed by atoms with Crippen molar-refractivity contribution in [1.82, 2.24) is 9.97 Å². The predicted molar refractivity (Wildman–Crippen MR) is 110 cm³/mol. The van der Waals surface area contributed by atoms with E-state index in [1.54, 1.807) is 0 Å². The standard InChI is InChI=1S/C23H17N3O/c1-14-22-18(17-10-4-5-11-20(17)25-22)13-21(24-14)23(27)26-19-12-6-8-15-7-2-3-9-16(15)19/h2-13,25H,1H3,(H,26,27). The van der Waals surface area contributed by atoms with Crippen LogP contribution < -0.4 is 5.32 Å². The third-order valence-electron chi connectivity index (χ3n) is 4.95. The molecule has 0 radical (unpaired) electrons. The van der Waals surface area contributed by atoms with Gasteiger partial charge in [0.1, 0.15) is 5.69 Å². The molecule has 2 N–H and O–H groups in total. The largest absolute Gasteiger partial charge is 0.353 e. The maximum absolute atomic E-state index is 12.9. The first-order chi connectivity index (χ1) is 13.2. The number of aryl methyl sites for hydroxylation is 1. The van der Waals surface area contributed by atoms with Crippen LogP contribution in [-0.2, 0) is 0 Å². The number of carbonyl (C=O) groups excluding carboxylic acids is 1. The maximum Gasteiger partial charge on any atom is 0.274 e. The quantitative estimate of drug-likeness (QED) is 0.445. The van der Waals surface area contributed by atoms with Crippen molar-refractivity contribution in [2.45, 2.75) is 6.92 Å². The van der Waals surface area contributed by atoms with Crippen molar-refractivity contribution in [3.63, 3.8) is 0 Å². The van der Waals surface area contributed by atoms with Gasteiger partial charge in [-0.3, -0.25) is 4.79 Å². The van der Waals surface area contributed by atoms with Crippen LogP contribution in [0.1, 0.15) is 16.2 Å². The van der Waals surface area contributed by atoms with Gasteiger partial charge in [0.2, 0.25) is 0 Å². The van der Waals surface area contributed by atoms with E-state index in [2.05, 4.69) is 21.4 Å². The van der Waals surface area contributed by atoms with E-state index in [-0.39, 0.29) is 5.91 Å². The maximum atomic E-state index is 12.9. The highest BCUT2D eigenvalue weighted by molar-refractivity contribution is 6.13. The minimum atomic E-state index is -0.207. The van der Waals surface area contributed by atoms with Gasteiger partial charge in [-0.1, -0.05) is 54.6 Å².